The van der Waals surface area contributed by atoms with Gasteiger partial charge in [-0.2, -0.15) is 0 Å². The third kappa shape index (κ3) is 4.14. The molecule has 0 aliphatic heterocycles. The molecule has 1 aromatic carbocycles. The molecule has 0 saturated carbocycles. The number of fused-ring (bicyclic) bond motifs is 1. The van der Waals surface area contributed by atoms with Crippen LogP contribution in [0.25, 0.3) is 10.2 Å². The van der Waals surface area contributed by atoms with Crippen LogP contribution in [-0.4, -0.2) is 48.0 Å². The van der Waals surface area contributed by atoms with E-state index in [1.807, 2.05) is 12.1 Å². The van der Waals surface area contributed by atoms with E-state index in [9.17, 15) is 19.2 Å². The summed E-state index contributed by atoms with van der Waals surface area (Å²) in [5.41, 5.74) is 1.27. The van der Waals surface area contributed by atoms with Crippen LogP contribution in [0.1, 0.15) is 32.5 Å². The summed E-state index contributed by atoms with van der Waals surface area (Å²) < 4.78 is 7.27. The standard InChI is InChI=1S/C20H21N3O5S2/c1-5-28-19(26)15-11(2)16(18(25)22(3)4)30-17(15)21-14(24)10-23-12-8-6-7-9-13(12)29-20(23)27/h6-9H,5,10H2,1-4H3,(H,21,24). The second kappa shape index (κ2) is 8.80. The van der Waals surface area contributed by atoms with E-state index in [1.165, 1.54) is 9.47 Å². The summed E-state index contributed by atoms with van der Waals surface area (Å²) in [5.74, 6) is -1.36. The van der Waals surface area contributed by atoms with Gasteiger partial charge in [-0.3, -0.25) is 19.0 Å². The zero-order chi connectivity index (χ0) is 22.0. The van der Waals surface area contributed by atoms with Gasteiger partial charge in [0.15, 0.2) is 0 Å². The number of nitrogens with zero attached hydrogens (tertiary/aromatic N) is 2. The van der Waals surface area contributed by atoms with Crippen LogP contribution >= 0.6 is 22.7 Å². The number of aromatic nitrogens is 1. The van der Waals surface area contributed by atoms with Crippen LogP contribution in [0, 0.1) is 6.92 Å². The topological polar surface area (TPSA) is 97.7 Å². The molecule has 3 aromatic rings. The number of thiophene rings is 1. The summed E-state index contributed by atoms with van der Waals surface area (Å²) in [7, 11) is 3.22. The minimum Gasteiger partial charge on any atom is -0.462 e. The van der Waals surface area contributed by atoms with Crippen LogP contribution in [0.2, 0.25) is 0 Å². The first-order valence-electron chi connectivity index (χ1n) is 9.15. The fourth-order valence-corrected chi connectivity index (χ4v) is 5.05. The summed E-state index contributed by atoms with van der Waals surface area (Å²) in [6.07, 6.45) is 0. The Balaban J connectivity index is 1.94. The number of esters is 1. The molecule has 0 aliphatic rings. The third-order valence-corrected chi connectivity index (χ3v) is 6.51. The third-order valence-electron chi connectivity index (χ3n) is 4.36. The summed E-state index contributed by atoms with van der Waals surface area (Å²) in [6.45, 7) is 3.28. The Labute approximate surface area is 180 Å². The average molecular weight is 448 g/mol. The van der Waals surface area contributed by atoms with E-state index in [0.29, 0.717) is 16.0 Å². The lowest BCUT2D eigenvalue weighted by molar-refractivity contribution is -0.116. The second-order valence-corrected chi connectivity index (χ2v) is 8.66. The zero-order valence-corrected chi connectivity index (χ0v) is 18.6. The molecule has 2 aromatic heterocycles. The van der Waals surface area contributed by atoms with Gasteiger partial charge >= 0.3 is 10.8 Å². The maximum Gasteiger partial charge on any atom is 0.341 e. The normalized spacial score (nSPS) is 10.8. The lowest BCUT2D eigenvalue weighted by Gasteiger charge is -2.09. The van der Waals surface area contributed by atoms with Crippen LogP contribution in [-0.2, 0) is 16.1 Å². The molecule has 0 atom stereocenters. The van der Waals surface area contributed by atoms with E-state index in [-0.39, 0.29) is 34.5 Å². The summed E-state index contributed by atoms with van der Waals surface area (Å²) in [5, 5.41) is 2.92. The summed E-state index contributed by atoms with van der Waals surface area (Å²) >= 11 is 2.08. The van der Waals surface area contributed by atoms with Gasteiger partial charge in [0.1, 0.15) is 11.5 Å². The number of rotatable bonds is 6. The van der Waals surface area contributed by atoms with Crippen molar-refractivity contribution in [3.05, 3.63) is 49.9 Å². The molecule has 0 saturated heterocycles. The summed E-state index contributed by atoms with van der Waals surface area (Å²) in [6, 6.07) is 7.21. The Morgan fingerprint density at radius 2 is 1.87 bits per heavy atom. The highest BCUT2D eigenvalue weighted by Crippen LogP contribution is 2.34. The number of carbonyl (C=O) groups is 3. The molecule has 2 heterocycles. The first-order chi connectivity index (χ1) is 14.2. The average Bonchev–Trinajstić information content (AvgIpc) is 3.18. The van der Waals surface area contributed by atoms with E-state index in [0.717, 1.165) is 27.4 Å². The molecule has 1 N–H and O–H groups in total. The molecule has 0 bridgehead atoms. The number of thiazole rings is 1. The van der Waals surface area contributed by atoms with Crippen LogP contribution < -0.4 is 10.2 Å². The number of nitrogens with one attached hydrogen (secondary N) is 1. The molecular weight excluding hydrogens is 426 g/mol. The van der Waals surface area contributed by atoms with Crippen molar-refractivity contribution in [1.29, 1.82) is 0 Å². The maximum atomic E-state index is 12.7. The molecule has 158 valence electrons. The van der Waals surface area contributed by atoms with E-state index < -0.39 is 11.9 Å². The van der Waals surface area contributed by atoms with Crippen LogP contribution in [0.5, 0.6) is 0 Å². The number of hydrogen-bond acceptors (Lipinski definition) is 7. The monoisotopic (exact) mass is 447 g/mol. The van der Waals surface area contributed by atoms with Gasteiger partial charge in [-0.05, 0) is 31.5 Å². The smallest absolute Gasteiger partial charge is 0.341 e. The molecule has 0 spiro atoms. The summed E-state index contributed by atoms with van der Waals surface area (Å²) in [4.78, 5) is 51.5. The predicted molar refractivity (Wildman–Crippen MR) is 118 cm³/mol. The number of ether oxygens (including phenoxy) is 1. The van der Waals surface area contributed by atoms with Crippen molar-refractivity contribution in [2.75, 3.05) is 26.0 Å². The van der Waals surface area contributed by atoms with Gasteiger partial charge in [-0.25, -0.2) is 4.79 Å². The van der Waals surface area contributed by atoms with E-state index in [4.69, 9.17) is 4.74 Å². The molecule has 0 unspecified atom stereocenters. The van der Waals surface area contributed by atoms with Crippen molar-refractivity contribution in [2.45, 2.75) is 20.4 Å². The van der Waals surface area contributed by atoms with E-state index in [1.54, 1.807) is 40.1 Å². The fraction of sp³-hybridized carbons (Fsp3) is 0.300. The maximum absolute atomic E-state index is 12.7. The highest BCUT2D eigenvalue weighted by Gasteiger charge is 2.27. The van der Waals surface area contributed by atoms with Gasteiger partial charge in [0.25, 0.3) is 5.91 Å². The molecule has 0 aliphatic carbocycles. The number of anilines is 1. The number of hydrogen-bond donors (Lipinski definition) is 1. The van der Waals surface area contributed by atoms with Crippen molar-refractivity contribution in [3.8, 4) is 0 Å². The molecular formula is C20H21N3O5S2. The zero-order valence-electron chi connectivity index (χ0n) is 17.0. The van der Waals surface area contributed by atoms with Gasteiger partial charge in [-0.1, -0.05) is 23.5 Å². The van der Waals surface area contributed by atoms with Crippen molar-refractivity contribution < 1.29 is 19.1 Å². The molecule has 0 fully saturated rings. The Kier molecular flexibility index (Phi) is 6.37. The highest BCUT2D eigenvalue weighted by atomic mass is 32.1. The van der Waals surface area contributed by atoms with Crippen LogP contribution in [0.4, 0.5) is 5.00 Å². The van der Waals surface area contributed by atoms with Crippen molar-refractivity contribution in [1.82, 2.24) is 9.47 Å². The predicted octanol–water partition coefficient (Wildman–Crippen LogP) is 2.95. The number of benzene rings is 1. The van der Waals surface area contributed by atoms with Gasteiger partial charge in [0.2, 0.25) is 5.91 Å². The van der Waals surface area contributed by atoms with E-state index >= 15 is 0 Å². The minimum atomic E-state index is -0.613. The molecule has 8 nitrogen and oxygen atoms in total. The van der Waals surface area contributed by atoms with Gasteiger partial charge < -0.3 is 15.0 Å². The highest BCUT2D eigenvalue weighted by molar-refractivity contribution is 7.18. The van der Waals surface area contributed by atoms with Crippen molar-refractivity contribution in [3.63, 3.8) is 0 Å². The minimum absolute atomic E-state index is 0.155. The molecule has 2 amide bonds. The first kappa shape index (κ1) is 21.7. The lowest BCUT2D eigenvalue weighted by Crippen LogP contribution is -2.24. The van der Waals surface area contributed by atoms with Gasteiger partial charge in [0.05, 0.1) is 27.3 Å². The largest absolute Gasteiger partial charge is 0.462 e. The lowest BCUT2D eigenvalue weighted by atomic mass is 10.1. The Morgan fingerprint density at radius 3 is 2.53 bits per heavy atom. The Morgan fingerprint density at radius 1 is 1.17 bits per heavy atom. The quantitative estimate of drug-likeness (QED) is 0.586. The molecule has 0 radical (unpaired) electrons. The van der Waals surface area contributed by atoms with Crippen molar-refractivity contribution >= 4 is 55.7 Å². The number of amides is 2. The van der Waals surface area contributed by atoms with E-state index in [2.05, 4.69) is 5.32 Å². The van der Waals surface area contributed by atoms with Crippen LogP contribution in [0.3, 0.4) is 0 Å². The SMILES string of the molecule is CCOC(=O)c1c(NC(=O)Cn2c(=O)sc3ccccc32)sc(C(=O)N(C)C)c1C. The van der Waals surface area contributed by atoms with Gasteiger partial charge in [0, 0.05) is 14.1 Å². The number of carbonyl (C=O) groups excluding carboxylic acids is 3. The van der Waals surface area contributed by atoms with Crippen LogP contribution in [0.15, 0.2) is 29.1 Å². The Bertz CT molecular complexity index is 1190. The Hall–Kier alpha value is -2.98. The fourth-order valence-electron chi connectivity index (χ4n) is 2.93. The second-order valence-electron chi connectivity index (χ2n) is 6.65. The molecule has 10 heteroatoms. The number of para-hydroxylation sites is 1. The first-order valence-corrected chi connectivity index (χ1v) is 10.8. The molecule has 3 rings (SSSR count). The van der Waals surface area contributed by atoms with Crippen molar-refractivity contribution in [2.24, 2.45) is 0 Å². The molecule has 30 heavy (non-hydrogen) atoms. The van der Waals surface area contributed by atoms with Gasteiger partial charge in [-0.15, -0.1) is 11.3 Å².